The predicted molar refractivity (Wildman–Crippen MR) is 90.6 cm³/mol. The summed E-state index contributed by atoms with van der Waals surface area (Å²) in [6.07, 6.45) is 1.84. The van der Waals surface area contributed by atoms with Gasteiger partial charge >= 0.3 is 0 Å². The molecule has 3 rings (SSSR count). The summed E-state index contributed by atoms with van der Waals surface area (Å²) in [4.78, 5) is 4.28. The molecule has 6 heteroatoms. The summed E-state index contributed by atoms with van der Waals surface area (Å²) in [6.45, 7) is 3.67. The number of anilines is 1. The van der Waals surface area contributed by atoms with Crippen molar-refractivity contribution in [2.45, 2.75) is 13.8 Å². The number of nitrogens with zero attached hydrogens (tertiary/aromatic N) is 3. The van der Waals surface area contributed by atoms with Crippen LogP contribution in [0, 0.1) is 29.6 Å². The van der Waals surface area contributed by atoms with Crippen LogP contribution in [0.5, 0.6) is 0 Å². The SMILES string of the molecule is CC1=C(C#N)c2nc(N)c(C#N)c(C)c2/C1=C\c1ccc(Br)o1. The summed E-state index contributed by atoms with van der Waals surface area (Å²) in [5.74, 6) is 0.789. The van der Waals surface area contributed by atoms with Crippen molar-refractivity contribution in [1.29, 1.82) is 10.5 Å². The number of furan rings is 1. The second kappa shape index (κ2) is 5.42. The smallest absolute Gasteiger partial charge is 0.169 e. The summed E-state index contributed by atoms with van der Waals surface area (Å²) in [7, 11) is 0. The molecule has 0 amide bonds. The first-order valence-electron chi connectivity index (χ1n) is 6.77. The Hall–Kier alpha value is -2.83. The zero-order valence-electron chi connectivity index (χ0n) is 12.4. The van der Waals surface area contributed by atoms with Crippen LogP contribution in [0.1, 0.15) is 35.1 Å². The number of halogens is 1. The molecule has 0 atom stereocenters. The Morgan fingerprint density at radius 3 is 2.57 bits per heavy atom. The number of allylic oxidation sites excluding steroid dienone is 3. The van der Waals surface area contributed by atoms with Crippen LogP contribution in [0.3, 0.4) is 0 Å². The maximum Gasteiger partial charge on any atom is 0.169 e. The molecule has 2 aromatic heterocycles. The van der Waals surface area contributed by atoms with Crippen molar-refractivity contribution in [1.82, 2.24) is 4.98 Å². The van der Waals surface area contributed by atoms with Gasteiger partial charge < -0.3 is 10.2 Å². The van der Waals surface area contributed by atoms with Crippen molar-refractivity contribution in [3.63, 3.8) is 0 Å². The Morgan fingerprint density at radius 1 is 1.26 bits per heavy atom. The molecule has 2 N–H and O–H groups in total. The van der Waals surface area contributed by atoms with Gasteiger partial charge in [0.25, 0.3) is 0 Å². The number of fused-ring (bicyclic) bond motifs is 1. The van der Waals surface area contributed by atoms with E-state index in [0.717, 1.165) is 22.3 Å². The minimum atomic E-state index is 0.145. The van der Waals surface area contributed by atoms with Crippen LogP contribution >= 0.6 is 15.9 Å². The topological polar surface area (TPSA) is 99.6 Å². The van der Waals surface area contributed by atoms with E-state index in [4.69, 9.17) is 10.2 Å². The van der Waals surface area contributed by atoms with Gasteiger partial charge in [0.05, 0.1) is 16.8 Å². The minimum Gasteiger partial charge on any atom is -0.450 e. The van der Waals surface area contributed by atoms with E-state index >= 15 is 0 Å². The largest absolute Gasteiger partial charge is 0.450 e. The lowest BCUT2D eigenvalue weighted by Crippen LogP contribution is -2.03. The van der Waals surface area contributed by atoms with Crippen molar-refractivity contribution in [2.24, 2.45) is 0 Å². The van der Waals surface area contributed by atoms with E-state index in [1.54, 1.807) is 6.07 Å². The van der Waals surface area contributed by atoms with E-state index < -0.39 is 0 Å². The monoisotopic (exact) mass is 366 g/mol. The summed E-state index contributed by atoms with van der Waals surface area (Å²) in [5.41, 5.74) is 10.3. The molecule has 0 spiro atoms. The predicted octanol–water partition coefficient (Wildman–Crippen LogP) is 4.05. The summed E-state index contributed by atoms with van der Waals surface area (Å²) in [5, 5.41) is 18.8. The highest BCUT2D eigenvalue weighted by Gasteiger charge is 2.29. The van der Waals surface area contributed by atoms with Gasteiger partial charge in [-0.1, -0.05) is 0 Å². The third-order valence-corrected chi connectivity index (χ3v) is 4.29. The molecule has 0 bridgehead atoms. The first-order valence-corrected chi connectivity index (χ1v) is 7.56. The van der Waals surface area contributed by atoms with Crippen LogP contribution in [-0.2, 0) is 0 Å². The van der Waals surface area contributed by atoms with Gasteiger partial charge in [-0.3, -0.25) is 0 Å². The Morgan fingerprint density at radius 2 is 2.00 bits per heavy atom. The van der Waals surface area contributed by atoms with Crippen molar-refractivity contribution >= 4 is 39.0 Å². The highest BCUT2D eigenvalue weighted by molar-refractivity contribution is 9.10. The van der Waals surface area contributed by atoms with Gasteiger partial charge in [0.1, 0.15) is 23.7 Å². The molecule has 2 aromatic rings. The minimum absolute atomic E-state index is 0.145. The van der Waals surface area contributed by atoms with Gasteiger partial charge in [0.15, 0.2) is 4.67 Å². The van der Waals surface area contributed by atoms with Gasteiger partial charge in [0, 0.05) is 5.56 Å². The van der Waals surface area contributed by atoms with Gasteiger partial charge in [0.2, 0.25) is 0 Å². The second-order valence-corrected chi connectivity index (χ2v) is 5.93. The van der Waals surface area contributed by atoms with Gasteiger partial charge in [-0.2, -0.15) is 10.5 Å². The van der Waals surface area contributed by atoms with Crippen molar-refractivity contribution in [3.05, 3.63) is 50.5 Å². The van der Waals surface area contributed by atoms with E-state index in [1.807, 2.05) is 26.0 Å². The first-order chi connectivity index (χ1) is 11.0. The van der Waals surface area contributed by atoms with Crippen molar-refractivity contribution < 1.29 is 4.42 Å². The lowest BCUT2D eigenvalue weighted by atomic mass is 9.96. The number of aromatic nitrogens is 1. The molecular weight excluding hydrogens is 356 g/mol. The highest BCUT2D eigenvalue weighted by Crippen LogP contribution is 2.44. The zero-order valence-corrected chi connectivity index (χ0v) is 14.0. The number of nitriles is 2. The molecule has 112 valence electrons. The van der Waals surface area contributed by atoms with Crippen LogP contribution in [0.2, 0.25) is 0 Å². The Kier molecular flexibility index (Phi) is 3.55. The van der Waals surface area contributed by atoms with Crippen molar-refractivity contribution in [3.8, 4) is 12.1 Å². The number of hydrogen-bond donors (Lipinski definition) is 1. The highest BCUT2D eigenvalue weighted by atomic mass is 79.9. The fourth-order valence-corrected chi connectivity index (χ4v) is 3.06. The van der Waals surface area contributed by atoms with Crippen molar-refractivity contribution in [2.75, 3.05) is 5.73 Å². The molecular formula is C17H11BrN4O. The molecule has 0 aromatic carbocycles. The summed E-state index contributed by atoms with van der Waals surface area (Å²) in [6, 6.07) is 7.88. The molecule has 23 heavy (non-hydrogen) atoms. The quantitative estimate of drug-likeness (QED) is 0.820. The lowest BCUT2D eigenvalue weighted by Gasteiger charge is -2.10. The Labute approximate surface area is 141 Å². The van der Waals surface area contributed by atoms with Crippen LogP contribution in [0.25, 0.3) is 17.2 Å². The molecule has 1 aliphatic rings. The molecule has 0 saturated heterocycles. The van der Waals surface area contributed by atoms with Crippen LogP contribution in [0.4, 0.5) is 5.82 Å². The molecule has 1 aliphatic carbocycles. The molecule has 0 aliphatic heterocycles. The summed E-state index contributed by atoms with van der Waals surface area (Å²) >= 11 is 3.27. The Balaban J connectivity index is 2.34. The normalized spacial score (nSPS) is 14.7. The van der Waals surface area contributed by atoms with E-state index in [9.17, 15) is 10.5 Å². The third-order valence-electron chi connectivity index (χ3n) is 3.86. The maximum atomic E-state index is 9.47. The lowest BCUT2D eigenvalue weighted by molar-refractivity contribution is 0.532. The Bertz CT molecular complexity index is 983. The number of pyridine rings is 1. The fourth-order valence-electron chi connectivity index (χ4n) is 2.74. The van der Waals surface area contributed by atoms with E-state index in [1.165, 1.54) is 0 Å². The number of hydrogen-bond acceptors (Lipinski definition) is 5. The number of nitrogen functional groups attached to an aromatic ring is 1. The fraction of sp³-hybridized carbons (Fsp3) is 0.118. The second-order valence-electron chi connectivity index (χ2n) is 5.14. The molecule has 0 fully saturated rings. The number of nitrogens with two attached hydrogens (primary N) is 1. The molecule has 2 heterocycles. The zero-order chi connectivity index (χ0) is 16.7. The molecule has 0 radical (unpaired) electrons. The average molecular weight is 367 g/mol. The van der Waals surface area contributed by atoms with Crippen LogP contribution in [0.15, 0.2) is 26.8 Å². The number of rotatable bonds is 1. The summed E-state index contributed by atoms with van der Waals surface area (Å²) < 4.78 is 6.14. The van der Waals surface area contributed by atoms with Gasteiger partial charge in [-0.05, 0) is 64.7 Å². The van der Waals surface area contributed by atoms with Crippen LogP contribution in [-0.4, -0.2) is 4.98 Å². The molecule has 0 unspecified atom stereocenters. The van der Waals surface area contributed by atoms with Crippen LogP contribution < -0.4 is 5.73 Å². The third kappa shape index (κ3) is 2.25. The molecule has 0 saturated carbocycles. The van der Waals surface area contributed by atoms with E-state index in [-0.39, 0.29) is 5.82 Å². The van der Waals surface area contributed by atoms with Gasteiger partial charge in [-0.25, -0.2) is 4.98 Å². The standard InChI is InChI=1S/C17H11BrN4O/c1-8-11(5-10-3-4-14(18)23-10)15-9(2)13(7-20)17(21)22-16(15)12(8)6-19/h3-5H,1-2H3,(H2,21,22)/b11-5-. The first kappa shape index (κ1) is 15.1. The maximum absolute atomic E-state index is 9.47. The van der Waals surface area contributed by atoms with E-state index in [2.05, 4.69) is 33.1 Å². The molecule has 5 nitrogen and oxygen atoms in total. The van der Waals surface area contributed by atoms with E-state index in [0.29, 0.717) is 27.3 Å². The van der Waals surface area contributed by atoms with Gasteiger partial charge in [-0.15, -0.1) is 0 Å². The average Bonchev–Trinajstić information content (AvgIpc) is 3.02.